The second-order valence-corrected chi connectivity index (χ2v) is 4.88. The lowest BCUT2D eigenvalue weighted by molar-refractivity contribution is 0.280. The van der Waals surface area contributed by atoms with Gasteiger partial charge in [0.25, 0.3) is 0 Å². The van der Waals surface area contributed by atoms with Crippen LogP contribution in [0.4, 0.5) is 0 Å². The van der Waals surface area contributed by atoms with E-state index in [2.05, 4.69) is 37.2 Å². The van der Waals surface area contributed by atoms with Crippen LogP contribution in [0, 0.1) is 0 Å². The number of nitrogens with zero attached hydrogens (tertiary/aromatic N) is 1. The summed E-state index contributed by atoms with van der Waals surface area (Å²) in [6.07, 6.45) is 3.22. The van der Waals surface area contributed by atoms with Gasteiger partial charge in [-0.3, -0.25) is 0 Å². The predicted octanol–water partition coefficient (Wildman–Crippen LogP) is 1.96. The number of rotatable bonds is 5. The summed E-state index contributed by atoms with van der Waals surface area (Å²) in [6, 6.07) is 7.05. The minimum Gasteiger partial charge on any atom is -0.493 e. The molecule has 0 saturated heterocycles. The fraction of sp³-hybridized carbons (Fsp3) is 0.571. The van der Waals surface area contributed by atoms with Crippen molar-refractivity contribution in [3.63, 3.8) is 0 Å². The first-order valence-electron chi connectivity index (χ1n) is 6.34. The molecular weight excluding hydrogens is 212 g/mol. The molecule has 1 aliphatic heterocycles. The second kappa shape index (κ2) is 5.52. The molecule has 2 N–H and O–H groups in total. The Bertz CT molecular complexity index is 376. The Hall–Kier alpha value is -1.06. The molecule has 1 unspecified atom stereocenters. The molecule has 1 atom stereocenters. The molecule has 3 nitrogen and oxygen atoms in total. The van der Waals surface area contributed by atoms with E-state index < -0.39 is 0 Å². The van der Waals surface area contributed by atoms with E-state index >= 15 is 0 Å². The van der Waals surface area contributed by atoms with Gasteiger partial charge in [-0.2, -0.15) is 0 Å². The highest BCUT2D eigenvalue weighted by Crippen LogP contribution is 2.31. The molecule has 1 aromatic rings. The van der Waals surface area contributed by atoms with Crippen LogP contribution in [0.1, 0.15) is 30.0 Å². The highest BCUT2D eigenvalue weighted by Gasteiger charge is 2.18. The molecule has 2 rings (SSSR count). The maximum atomic E-state index is 5.61. The molecule has 0 aliphatic carbocycles. The summed E-state index contributed by atoms with van der Waals surface area (Å²) < 4.78 is 5.54. The van der Waals surface area contributed by atoms with E-state index in [1.54, 1.807) is 0 Å². The molecule has 94 valence electrons. The Morgan fingerprint density at radius 3 is 2.94 bits per heavy atom. The van der Waals surface area contributed by atoms with Crippen molar-refractivity contribution >= 4 is 0 Å². The van der Waals surface area contributed by atoms with Crippen LogP contribution in [0.15, 0.2) is 18.2 Å². The number of benzene rings is 1. The Morgan fingerprint density at radius 1 is 1.41 bits per heavy atom. The van der Waals surface area contributed by atoms with Crippen molar-refractivity contribution in [1.82, 2.24) is 4.90 Å². The van der Waals surface area contributed by atoms with Gasteiger partial charge in [-0.25, -0.2) is 0 Å². The first-order chi connectivity index (χ1) is 8.22. The second-order valence-electron chi connectivity index (χ2n) is 4.88. The molecule has 1 aromatic carbocycles. The van der Waals surface area contributed by atoms with Gasteiger partial charge in [-0.05, 0) is 50.7 Å². The molecule has 0 bridgehead atoms. The van der Waals surface area contributed by atoms with E-state index in [9.17, 15) is 0 Å². The van der Waals surface area contributed by atoms with Crippen molar-refractivity contribution < 1.29 is 4.74 Å². The third-order valence-corrected chi connectivity index (χ3v) is 3.40. The summed E-state index contributed by atoms with van der Waals surface area (Å²) in [5.41, 5.74) is 8.34. The molecule has 0 aromatic heterocycles. The Morgan fingerprint density at radius 2 is 2.24 bits per heavy atom. The summed E-state index contributed by atoms with van der Waals surface area (Å²) in [5, 5.41) is 0. The highest BCUT2D eigenvalue weighted by atomic mass is 16.5. The van der Waals surface area contributed by atoms with Crippen molar-refractivity contribution in [3.8, 4) is 5.75 Å². The van der Waals surface area contributed by atoms with Crippen LogP contribution in [0.3, 0.4) is 0 Å². The monoisotopic (exact) mass is 234 g/mol. The van der Waals surface area contributed by atoms with Gasteiger partial charge in [0.2, 0.25) is 0 Å². The summed E-state index contributed by atoms with van der Waals surface area (Å²) >= 11 is 0. The molecular formula is C14H22N2O. The van der Waals surface area contributed by atoms with Crippen LogP contribution in [-0.2, 0) is 6.42 Å². The minimum absolute atomic E-state index is 0.462. The molecule has 17 heavy (non-hydrogen) atoms. The number of hydrogen-bond acceptors (Lipinski definition) is 3. The zero-order valence-electron chi connectivity index (χ0n) is 10.8. The van der Waals surface area contributed by atoms with Crippen molar-refractivity contribution in [2.75, 3.05) is 27.2 Å². The third kappa shape index (κ3) is 2.79. The van der Waals surface area contributed by atoms with Gasteiger partial charge in [0.1, 0.15) is 5.75 Å². The average Bonchev–Trinajstić information content (AvgIpc) is 2.76. The lowest BCUT2D eigenvalue weighted by atomic mass is 9.98. The van der Waals surface area contributed by atoms with Crippen molar-refractivity contribution in [3.05, 3.63) is 29.3 Å². The van der Waals surface area contributed by atoms with Crippen molar-refractivity contribution in [2.24, 2.45) is 5.73 Å². The van der Waals surface area contributed by atoms with Gasteiger partial charge < -0.3 is 15.4 Å². The summed E-state index contributed by atoms with van der Waals surface area (Å²) in [7, 11) is 4.26. The Kier molecular flexibility index (Phi) is 4.02. The largest absolute Gasteiger partial charge is 0.493 e. The minimum atomic E-state index is 0.462. The Labute approximate surface area is 104 Å². The van der Waals surface area contributed by atoms with Crippen LogP contribution in [0.5, 0.6) is 5.75 Å². The number of nitrogens with two attached hydrogens (primary N) is 1. The van der Waals surface area contributed by atoms with Gasteiger partial charge in [0.05, 0.1) is 6.61 Å². The smallest absolute Gasteiger partial charge is 0.122 e. The molecule has 0 fully saturated rings. The molecule has 0 amide bonds. The number of hydrogen-bond donors (Lipinski definition) is 1. The molecule has 1 heterocycles. The molecule has 3 heteroatoms. The van der Waals surface area contributed by atoms with E-state index in [-0.39, 0.29) is 0 Å². The molecule has 0 radical (unpaired) electrons. The van der Waals surface area contributed by atoms with Crippen LogP contribution < -0.4 is 10.5 Å². The van der Waals surface area contributed by atoms with Crippen LogP contribution in [0.2, 0.25) is 0 Å². The van der Waals surface area contributed by atoms with Crippen molar-refractivity contribution in [2.45, 2.75) is 25.3 Å². The zero-order valence-corrected chi connectivity index (χ0v) is 10.8. The average molecular weight is 234 g/mol. The third-order valence-electron chi connectivity index (χ3n) is 3.40. The standard InChI is InChI=1S/C14H22N2O/c1-16(2)13(4-3-8-15)11-5-6-14-12(10-11)7-9-17-14/h5-6,10,13H,3-4,7-9,15H2,1-2H3. The topological polar surface area (TPSA) is 38.5 Å². The fourth-order valence-corrected chi connectivity index (χ4v) is 2.45. The zero-order chi connectivity index (χ0) is 12.3. The normalized spacial score (nSPS) is 15.8. The quantitative estimate of drug-likeness (QED) is 0.846. The van der Waals surface area contributed by atoms with Crippen LogP contribution >= 0.6 is 0 Å². The number of ether oxygens (including phenoxy) is 1. The maximum Gasteiger partial charge on any atom is 0.122 e. The summed E-state index contributed by atoms with van der Waals surface area (Å²) in [6.45, 7) is 1.59. The highest BCUT2D eigenvalue weighted by molar-refractivity contribution is 5.40. The number of fused-ring (bicyclic) bond motifs is 1. The lowest BCUT2D eigenvalue weighted by Gasteiger charge is -2.25. The maximum absolute atomic E-state index is 5.61. The van der Waals surface area contributed by atoms with E-state index in [1.807, 2.05) is 0 Å². The van der Waals surface area contributed by atoms with Gasteiger partial charge in [-0.15, -0.1) is 0 Å². The van der Waals surface area contributed by atoms with E-state index in [0.29, 0.717) is 6.04 Å². The fourth-order valence-electron chi connectivity index (χ4n) is 2.45. The first-order valence-corrected chi connectivity index (χ1v) is 6.34. The molecule has 1 aliphatic rings. The van der Waals surface area contributed by atoms with E-state index in [4.69, 9.17) is 10.5 Å². The SMILES string of the molecule is CN(C)C(CCCN)c1ccc2c(c1)CCO2. The lowest BCUT2D eigenvalue weighted by Crippen LogP contribution is -2.21. The predicted molar refractivity (Wildman–Crippen MR) is 70.4 cm³/mol. The van der Waals surface area contributed by atoms with Crippen molar-refractivity contribution in [1.29, 1.82) is 0 Å². The first kappa shape index (κ1) is 12.4. The van der Waals surface area contributed by atoms with Gasteiger partial charge in [0, 0.05) is 12.5 Å². The van der Waals surface area contributed by atoms with Crippen LogP contribution in [0.25, 0.3) is 0 Å². The molecule has 0 saturated carbocycles. The van der Waals surface area contributed by atoms with E-state index in [0.717, 1.165) is 38.2 Å². The van der Waals surface area contributed by atoms with Gasteiger partial charge >= 0.3 is 0 Å². The van der Waals surface area contributed by atoms with Crippen LogP contribution in [-0.4, -0.2) is 32.1 Å². The van der Waals surface area contributed by atoms with Gasteiger partial charge in [0.15, 0.2) is 0 Å². The van der Waals surface area contributed by atoms with Gasteiger partial charge in [-0.1, -0.05) is 12.1 Å². The summed E-state index contributed by atoms with van der Waals surface area (Å²) in [4.78, 5) is 2.27. The Balaban J connectivity index is 2.17. The van der Waals surface area contributed by atoms with E-state index in [1.165, 1.54) is 11.1 Å². The molecule has 0 spiro atoms. The summed E-state index contributed by atoms with van der Waals surface area (Å²) in [5.74, 6) is 1.06.